The summed E-state index contributed by atoms with van der Waals surface area (Å²) in [4.78, 5) is 0. The molecule has 0 bridgehead atoms. The van der Waals surface area contributed by atoms with Gasteiger partial charge in [0.2, 0.25) is 0 Å². The molecule has 2 fully saturated rings. The molecule has 2 heterocycles. The van der Waals surface area contributed by atoms with E-state index in [2.05, 4.69) is 13.8 Å². The maximum atomic E-state index is 5.96. The molecule has 14 heavy (non-hydrogen) atoms. The van der Waals surface area contributed by atoms with Gasteiger partial charge in [0, 0.05) is 13.0 Å². The fourth-order valence-corrected chi connectivity index (χ4v) is 2.38. The molecule has 0 aromatic carbocycles. The number of rotatable bonds is 2. The Kier molecular flexibility index (Phi) is 2.82. The Labute approximate surface area is 85.7 Å². The highest BCUT2D eigenvalue weighted by Gasteiger charge is 2.42. The summed E-state index contributed by atoms with van der Waals surface area (Å²) in [5.41, 5.74) is 0. The van der Waals surface area contributed by atoms with Gasteiger partial charge in [-0.05, 0) is 19.3 Å². The van der Waals surface area contributed by atoms with E-state index >= 15 is 0 Å². The Morgan fingerprint density at radius 2 is 2.14 bits per heavy atom. The van der Waals surface area contributed by atoms with E-state index in [1.165, 1.54) is 0 Å². The Hall–Kier alpha value is -0.120. The standard InChI is InChI=1S/C11H20O3/c1-8(2)6-11(3)13-7-10-9(14-11)4-5-12-10/h8-10H,4-7H2,1-3H3/t9-,10-,11+/m1/s1. The summed E-state index contributed by atoms with van der Waals surface area (Å²) >= 11 is 0. The summed E-state index contributed by atoms with van der Waals surface area (Å²) in [6.07, 6.45) is 2.40. The van der Waals surface area contributed by atoms with Crippen LogP contribution in [0.1, 0.15) is 33.6 Å². The van der Waals surface area contributed by atoms with Crippen LogP contribution in [0.25, 0.3) is 0 Å². The SMILES string of the molecule is CC(C)C[C@@]1(C)OC[C@H]2OCC[C@H]2O1. The third kappa shape index (κ3) is 2.10. The first-order chi connectivity index (χ1) is 6.59. The lowest BCUT2D eigenvalue weighted by molar-refractivity contribution is -0.307. The molecule has 0 spiro atoms. The molecule has 0 radical (unpaired) electrons. The minimum absolute atomic E-state index is 0.176. The van der Waals surface area contributed by atoms with Crippen LogP contribution < -0.4 is 0 Å². The lowest BCUT2D eigenvalue weighted by atomic mass is 10.0. The quantitative estimate of drug-likeness (QED) is 0.682. The minimum atomic E-state index is -0.386. The summed E-state index contributed by atoms with van der Waals surface area (Å²) in [7, 11) is 0. The third-order valence-corrected chi connectivity index (χ3v) is 2.88. The largest absolute Gasteiger partial charge is 0.373 e. The van der Waals surface area contributed by atoms with Crippen molar-refractivity contribution in [3.05, 3.63) is 0 Å². The average molecular weight is 200 g/mol. The van der Waals surface area contributed by atoms with Gasteiger partial charge < -0.3 is 14.2 Å². The molecule has 0 aliphatic carbocycles. The Morgan fingerprint density at radius 3 is 2.86 bits per heavy atom. The summed E-state index contributed by atoms with van der Waals surface area (Å²) in [5.74, 6) is 0.210. The summed E-state index contributed by atoms with van der Waals surface area (Å²) in [6, 6.07) is 0. The fraction of sp³-hybridized carbons (Fsp3) is 1.00. The first kappa shape index (κ1) is 10.4. The van der Waals surface area contributed by atoms with E-state index < -0.39 is 0 Å². The van der Waals surface area contributed by atoms with Gasteiger partial charge in [-0.25, -0.2) is 0 Å². The van der Waals surface area contributed by atoms with Crippen LogP contribution in [0.5, 0.6) is 0 Å². The highest BCUT2D eigenvalue weighted by molar-refractivity contribution is 4.84. The summed E-state index contributed by atoms with van der Waals surface area (Å²) in [5, 5.41) is 0. The van der Waals surface area contributed by atoms with E-state index in [1.54, 1.807) is 0 Å². The maximum absolute atomic E-state index is 5.96. The molecule has 3 nitrogen and oxygen atoms in total. The molecule has 2 aliphatic rings. The topological polar surface area (TPSA) is 27.7 Å². The van der Waals surface area contributed by atoms with Crippen molar-refractivity contribution in [2.75, 3.05) is 13.2 Å². The summed E-state index contributed by atoms with van der Waals surface area (Å²) in [6.45, 7) is 7.93. The third-order valence-electron chi connectivity index (χ3n) is 2.88. The molecule has 0 saturated carbocycles. The van der Waals surface area contributed by atoms with E-state index in [4.69, 9.17) is 14.2 Å². The molecule has 0 amide bonds. The zero-order chi connectivity index (χ0) is 10.2. The normalized spacial score (nSPS) is 42.9. The molecule has 0 unspecified atom stereocenters. The van der Waals surface area contributed by atoms with Gasteiger partial charge in [0.1, 0.15) is 6.10 Å². The number of hydrogen-bond donors (Lipinski definition) is 0. The number of hydrogen-bond acceptors (Lipinski definition) is 3. The molecule has 0 N–H and O–H groups in total. The molecular weight excluding hydrogens is 180 g/mol. The number of ether oxygens (including phenoxy) is 3. The van der Waals surface area contributed by atoms with Gasteiger partial charge in [0.05, 0.1) is 12.7 Å². The van der Waals surface area contributed by atoms with Gasteiger partial charge in [-0.1, -0.05) is 13.8 Å². The van der Waals surface area contributed by atoms with Crippen LogP contribution in [0.3, 0.4) is 0 Å². The zero-order valence-corrected chi connectivity index (χ0v) is 9.29. The van der Waals surface area contributed by atoms with Crippen molar-refractivity contribution >= 4 is 0 Å². The van der Waals surface area contributed by atoms with E-state index in [-0.39, 0.29) is 18.0 Å². The van der Waals surface area contributed by atoms with Crippen LogP contribution >= 0.6 is 0 Å². The molecular formula is C11H20O3. The van der Waals surface area contributed by atoms with Crippen molar-refractivity contribution in [1.82, 2.24) is 0 Å². The van der Waals surface area contributed by atoms with Gasteiger partial charge in [0.25, 0.3) is 0 Å². The number of fused-ring (bicyclic) bond motifs is 1. The molecule has 2 rings (SSSR count). The zero-order valence-electron chi connectivity index (χ0n) is 9.29. The van der Waals surface area contributed by atoms with Crippen LogP contribution in [0.15, 0.2) is 0 Å². The van der Waals surface area contributed by atoms with E-state index in [9.17, 15) is 0 Å². The summed E-state index contributed by atoms with van der Waals surface area (Å²) < 4.78 is 17.2. The first-order valence-corrected chi connectivity index (χ1v) is 5.52. The molecule has 2 saturated heterocycles. The second-order valence-electron chi connectivity index (χ2n) is 4.90. The highest BCUT2D eigenvalue weighted by Crippen LogP contribution is 2.33. The fourth-order valence-electron chi connectivity index (χ4n) is 2.38. The highest BCUT2D eigenvalue weighted by atomic mass is 16.7. The van der Waals surface area contributed by atoms with Crippen molar-refractivity contribution < 1.29 is 14.2 Å². The molecule has 2 aliphatic heterocycles. The van der Waals surface area contributed by atoms with Gasteiger partial charge >= 0.3 is 0 Å². The Balaban J connectivity index is 1.95. The second kappa shape index (κ2) is 3.80. The molecule has 3 atom stereocenters. The monoisotopic (exact) mass is 200 g/mol. The molecule has 0 aromatic rings. The Bertz CT molecular complexity index is 205. The van der Waals surface area contributed by atoms with Gasteiger partial charge in [-0.3, -0.25) is 0 Å². The van der Waals surface area contributed by atoms with Crippen molar-refractivity contribution in [3.63, 3.8) is 0 Å². The van der Waals surface area contributed by atoms with Crippen LogP contribution in [0, 0.1) is 5.92 Å². The molecule has 0 aromatic heterocycles. The predicted molar refractivity (Wildman–Crippen MR) is 53.0 cm³/mol. The van der Waals surface area contributed by atoms with Crippen LogP contribution in [-0.2, 0) is 14.2 Å². The van der Waals surface area contributed by atoms with E-state index in [0.29, 0.717) is 12.5 Å². The lowest BCUT2D eigenvalue weighted by Gasteiger charge is -2.40. The van der Waals surface area contributed by atoms with Gasteiger partial charge in [-0.2, -0.15) is 0 Å². The van der Waals surface area contributed by atoms with Crippen molar-refractivity contribution in [2.24, 2.45) is 5.92 Å². The van der Waals surface area contributed by atoms with Crippen LogP contribution in [0.2, 0.25) is 0 Å². The average Bonchev–Trinajstić information content (AvgIpc) is 2.48. The smallest absolute Gasteiger partial charge is 0.166 e. The molecule has 3 heteroatoms. The van der Waals surface area contributed by atoms with Gasteiger partial charge in [0.15, 0.2) is 5.79 Å². The predicted octanol–water partition coefficient (Wildman–Crippen LogP) is 1.95. The van der Waals surface area contributed by atoms with E-state index in [1.807, 2.05) is 6.92 Å². The maximum Gasteiger partial charge on any atom is 0.166 e. The van der Waals surface area contributed by atoms with Crippen molar-refractivity contribution in [1.29, 1.82) is 0 Å². The Morgan fingerprint density at radius 1 is 1.36 bits per heavy atom. The van der Waals surface area contributed by atoms with Crippen LogP contribution in [-0.4, -0.2) is 31.2 Å². The first-order valence-electron chi connectivity index (χ1n) is 5.52. The lowest BCUT2D eigenvalue weighted by Crippen LogP contribution is -2.48. The molecule has 82 valence electrons. The van der Waals surface area contributed by atoms with Crippen molar-refractivity contribution in [3.8, 4) is 0 Å². The van der Waals surface area contributed by atoms with E-state index in [0.717, 1.165) is 19.4 Å². The van der Waals surface area contributed by atoms with Gasteiger partial charge in [-0.15, -0.1) is 0 Å². The van der Waals surface area contributed by atoms with Crippen LogP contribution in [0.4, 0.5) is 0 Å². The van der Waals surface area contributed by atoms with Crippen molar-refractivity contribution in [2.45, 2.75) is 51.6 Å². The second-order valence-corrected chi connectivity index (χ2v) is 4.90. The minimum Gasteiger partial charge on any atom is -0.373 e.